The zero-order valence-electron chi connectivity index (χ0n) is 12.2. The van der Waals surface area contributed by atoms with Crippen LogP contribution in [0.25, 0.3) is 0 Å². The largest absolute Gasteiger partial charge is 0.306 e. The van der Waals surface area contributed by atoms with Crippen molar-refractivity contribution in [3.63, 3.8) is 0 Å². The van der Waals surface area contributed by atoms with Crippen LogP contribution in [0.3, 0.4) is 0 Å². The van der Waals surface area contributed by atoms with Crippen molar-refractivity contribution in [3.05, 3.63) is 0 Å². The molecule has 1 unspecified atom stereocenters. The Morgan fingerprint density at radius 2 is 1.82 bits per heavy atom. The fourth-order valence-electron chi connectivity index (χ4n) is 2.54. The first-order valence-corrected chi connectivity index (χ1v) is 7.47. The second kappa shape index (κ2) is 6.44. The lowest BCUT2D eigenvalue weighted by Crippen LogP contribution is -2.45. The lowest BCUT2D eigenvalue weighted by Gasteiger charge is -2.39. The minimum absolute atomic E-state index is 0.363. The van der Waals surface area contributed by atoms with Gasteiger partial charge in [0.25, 0.3) is 0 Å². The van der Waals surface area contributed by atoms with E-state index in [2.05, 4.69) is 57.3 Å². The lowest BCUT2D eigenvalue weighted by atomic mass is 9.81. The molecule has 0 aromatic heterocycles. The van der Waals surface area contributed by atoms with E-state index in [1.807, 2.05) is 0 Å². The van der Waals surface area contributed by atoms with Crippen LogP contribution in [0.4, 0.5) is 0 Å². The molecule has 1 rings (SSSR count). The highest BCUT2D eigenvalue weighted by molar-refractivity contribution is 7.80. The van der Waals surface area contributed by atoms with E-state index >= 15 is 0 Å². The molecule has 1 saturated heterocycles. The highest BCUT2D eigenvalue weighted by atomic mass is 32.1. The zero-order valence-corrected chi connectivity index (χ0v) is 13.1. The van der Waals surface area contributed by atoms with Gasteiger partial charge in [0.15, 0.2) is 0 Å². The molecule has 0 aromatic rings. The Hall–Kier alpha value is 0.270. The summed E-state index contributed by atoms with van der Waals surface area (Å²) in [5.74, 6) is 1.66. The molecule has 0 N–H and O–H groups in total. The number of thiol groups is 1. The second-order valence-electron chi connectivity index (χ2n) is 6.72. The van der Waals surface area contributed by atoms with Gasteiger partial charge in [0, 0.05) is 12.6 Å². The topological polar surface area (TPSA) is 6.48 Å². The summed E-state index contributed by atoms with van der Waals surface area (Å²) < 4.78 is 0. The molecule has 1 heterocycles. The molecule has 0 aliphatic carbocycles. The average Bonchev–Trinajstić information content (AvgIpc) is 2.24. The summed E-state index contributed by atoms with van der Waals surface area (Å²) in [5, 5.41) is 0. The third kappa shape index (κ3) is 4.80. The van der Waals surface area contributed by atoms with Crippen molar-refractivity contribution in [2.45, 2.75) is 39.7 Å². The average molecular weight is 258 g/mol. The highest BCUT2D eigenvalue weighted by Crippen LogP contribution is 2.28. The van der Waals surface area contributed by atoms with Crippen LogP contribution in [0, 0.1) is 11.3 Å². The number of nitrogens with zero attached hydrogens (tertiary/aromatic N) is 2. The van der Waals surface area contributed by atoms with Crippen molar-refractivity contribution in [2.75, 3.05) is 39.5 Å². The number of hydrogen-bond acceptors (Lipinski definition) is 3. The van der Waals surface area contributed by atoms with Gasteiger partial charge >= 0.3 is 0 Å². The first-order chi connectivity index (χ1) is 7.84. The molecule has 0 bridgehead atoms. The fourth-order valence-corrected chi connectivity index (χ4v) is 3.20. The number of likely N-dealkylation sites (tertiary alicyclic amines) is 1. The smallest absolute Gasteiger partial charge is 0.0117 e. The monoisotopic (exact) mass is 258 g/mol. The molecular weight excluding hydrogens is 228 g/mol. The van der Waals surface area contributed by atoms with Gasteiger partial charge in [-0.3, -0.25) is 0 Å². The molecule has 1 aliphatic heterocycles. The van der Waals surface area contributed by atoms with Gasteiger partial charge in [-0.15, -0.1) is 0 Å². The van der Waals surface area contributed by atoms with E-state index in [4.69, 9.17) is 0 Å². The lowest BCUT2D eigenvalue weighted by molar-refractivity contribution is 0.106. The summed E-state index contributed by atoms with van der Waals surface area (Å²) in [5.41, 5.74) is 0.363. The first-order valence-electron chi connectivity index (χ1n) is 6.84. The predicted molar refractivity (Wildman–Crippen MR) is 79.9 cm³/mol. The Morgan fingerprint density at radius 3 is 2.24 bits per heavy atom. The molecule has 0 amide bonds. The summed E-state index contributed by atoms with van der Waals surface area (Å²) in [6.45, 7) is 10.7. The van der Waals surface area contributed by atoms with Gasteiger partial charge in [0.05, 0.1) is 0 Å². The van der Waals surface area contributed by atoms with Crippen LogP contribution in [0.15, 0.2) is 0 Å². The maximum absolute atomic E-state index is 4.53. The third-order valence-electron chi connectivity index (χ3n) is 4.26. The predicted octanol–water partition coefficient (Wildman–Crippen LogP) is 2.60. The number of hydrogen-bond donors (Lipinski definition) is 1. The molecule has 0 aromatic carbocycles. The summed E-state index contributed by atoms with van der Waals surface area (Å²) in [6.07, 6.45) is 2.63. The van der Waals surface area contributed by atoms with Crippen LogP contribution in [-0.2, 0) is 0 Å². The Morgan fingerprint density at radius 1 is 1.29 bits per heavy atom. The van der Waals surface area contributed by atoms with Gasteiger partial charge in [0.2, 0.25) is 0 Å². The van der Waals surface area contributed by atoms with E-state index in [0.29, 0.717) is 11.3 Å². The van der Waals surface area contributed by atoms with Gasteiger partial charge < -0.3 is 9.80 Å². The summed E-state index contributed by atoms with van der Waals surface area (Å²) >= 11 is 4.53. The van der Waals surface area contributed by atoms with Gasteiger partial charge in [-0.25, -0.2) is 0 Å². The van der Waals surface area contributed by atoms with Crippen LogP contribution < -0.4 is 0 Å². The molecule has 0 saturated carbocycles. The van der Waals surface area contributed by atoms with Crippen LogP contribution in [-0.4, -0.2) is 55.3 Å². The Balaban J connectivity index is 2.44. The van der Waals surface area contributed by atoms with E-state index in [1.165, 1.54) is 32.5 Å². The highest BCUT2D eigenvalue weighted by Gasteiger charge is 2.28. The van der Waals surface area contributed by atoms with E-state index in [0.717, 1.165) is 11.8 Å². The molecule has 17 heavy (non-hydrogen) atoms. The molecular formula is C14H30N2S. The molecule has 102 valence electrons. The van der Waals surface area contributed by atoms with Crippen molar-refractivity contribution < 1.29 is 0 Å². The van der Waals surface area contributed by atoms with Crippen molar-refractivity contribution in [1.29, 1.82) is 0 Å². The Kier molecular flexibility index (Phi) is 5.81. The molecule has 3 heteroatoms. The van der Waals surface area contributed by atoms with Crippen molar-refractivity contribution in [1.82, 2.24) is 9.80 Å². The van der Waals surface area contributed by atoms with Gasteiger partial charge in [-0.1, -0.05) is 20.8 Å². The van der Waals surface area contributed by atoms with E-state index in [1.54, 1.807) is 0 Å². The minimum atomic E-state index is 0.363. The van der Waals surface area contributed by atoms with E-state index < -0.39 is 0 Å². The molecule has 1 aliphatic rings. The molecule has 0 spiro atoms. The van der Waals surface area contributed by atoms with E-state index in [9.17, 15) is 0 Å². The van der Waals surface area contributed by atoms with E-state index in [-0.39, 0.29) is 0 Å². The van der Waals surface area contributed by atoms with Crippen molar-refractivity contribution in [2.24, 2.45) is 11.3 Å². The minimum Gasteiger partial charge on any atom is -0.306 e. The number of piperidine rings is 1. The quantitative estimate of drug-likeness (QED) is 0.775. The van der Waals surface area contributed by atoms with Crippen molar-refractivity contribution >= 4 is 12.6 Å². The maximum atomic E-state index is 4.53. The van der Waals surface area contributed by atoms with Gasteiger partial charge in [0.1, 0.15) is 0 Å². The van der Waals surface area contributed by atoms with Crippen LogP contribution >= 0.6 is 12.6 Å². The summed E-state index contributed by atoms with van der Waals surface area (Å²) in [6, 6.07) is 0.774. The zero-order chi connectivity index (χ0) is 13.1. The first kappa shape index (κ1) is 15.3. The summed E-state index contributed by atoms with van der Waals surface area (Å²) in [4.78, 5) is 5.00. The van der Waals surface area contributed by atoms with Gasteiger partial charge in [-0.05, 0) is 57.1 Å². The van der Waals surface area contributed by atoms with Gasteiger partial charge in [-0.2, -0.15) is 12.6 Å². The maximum Gasteiger partial charge on any atom is 0.0117 e. The number of rotatable bonds is 4. The van der Waals surface area contributed by atoms with Crippen LogP contribution in [0.2, 0.25) is 0 Å². The fraction of sp³-hybridized carbons (Fsp3) is 1.00. The third-order valence-corrected chi connectivity index (χ3v) is 4.71. The standard InChI is InChI=1S/C14H30N2S/c1-14(2,3)12(11-17)10-16(5)13-6-8-15(4)9-7-13/h12-13,17H,6-11H2,1-5H3. The Bertz CT molecular complexity index is 217. The molecule has 1 atom stereocenters. The van der Waals surface area contributed by atoms with Crippen molar-refractivity contribution in [3.8, 4) is 0 Å². The molecule has 2 nitrogen and oxygen atoms in total. The molecule has 1 fully saturated rings. The second-order valence-corrected chi connectivity index (χ2v) is 7.08. The summed E-state index contributed by atoms with van der Waals surface area (Å²) in [7, 11) is 4.51. The van der Waals surface area contributed by atoms with Crippen LogP contribution in [0.5, 0.6) is 0 Å². The van der Waals surface area contributed by atoms with Crippen LogP contribution in [0.1, 0.15) is 33.6 Å². The SMILES string of the molecule is CN1CCC(N(C)CC(CS)C(C)(C)C)CC1. The normalized spacial score (nSPS) is 22.1. The Labute approximate surface area is 113 Å². The molecule has 0 radical (unpaired) electrons.